The summed E-state index contributed by atoms with van der Waals surface area (Å²) in [5.41, 5.74) is 0.772. The van der Waals surface area contributed by atoms with Gasteiger partial charge in [-0.05, 0) is 25.0 Å². The van der Waals surface area contributed by atoms with E-state index in [0.717, 1.165) is 19.4 Å². The topological polar surface area (TPSA) is 81.7 Å². The third-order valence-electron chi connectivity index (χ3n) is 3.17. The first-order chi connectivity index (χ1) is 10.2. The van der Waals surface area contributed by atoms with Crippen LogP contribution in [-0.4, -0.2) is 44.0 Å². The summed E-state index contributed by atoms with van der Waals surface area (Å²) in [5.74, 6) is -0.955. The molecule has 1 amide bonds. The van der Waals surface area contributed by atoms with Crippen LogP contribution in [0.25, 0.3) is 0 Å². The molecule has 1 aliphatic heterocycles. The van der Waals surface area contributed by atoms with Crippen LogP contribution in [0, 0.1) is 0 Å². The second kappa shape index (κ2) is 7.54. The van der Waals surface area contributed by atoms with Gasteiger partial charge in [-0.25, -0.2) is 4.79 Å². The lowest BCUT2D eigenvalue weighted by Crippen LogP contribution is -2.34. The maximum absolute atomic E-state index is 11.7. The molecule has 1 saturated heterocycles. The van der Waals surface area contributed by atoms with E-state index in [0.29, 0.717) is 24.0 Å². The number of benzene rings is 1. The minimum Gasteiger partial charge on any atom is -0.452 e. The highest BCUT2D eigenvalue weighted by Gasteiger charge is 2.16. The van der Waals surface area contributed by atoms with Crippen molar-refractivity contribution in [3.05, 3.63) is 35.4 Å². The molecule has 1 aromatic carbocycles. The fourth-order valence-electron chi connectivity index (χ4n) is 2.00. The highest BCUT2D eigenvalue weighted by molar-refractivity contribution is 5.92. The summed E-state index contributed by atoms with van der Waals surface area (Å²) >= 11 is 0. The Balaban J connectivity index is 1.71. The second-order valence-electron chi connectivity index (χ2n) is 4.76. The lowest BCUT2D eigenvalue weighted by molar-refractivity contribution is -0.124. The van der Waals surface area contributed by atoms with Crippen molar-refractivity contribution in [2.24, 2.45) is 0 Å². The normalized spacial score (nSPS) is 17.2. The average molecular weight is 291 g/mol. The predicted octanol–water partition coefficient (Wildman–Crippen LogP) is 0.951. The van der Waals surface area contributed by atoms with Crippen molar-refractivity contribution in [2.75, 3.05) is 19.8 Å². The van der Waals surface area contributed by atoms with Crippen molar-refractivity contribution in [3.63, 3.8) is 0 Å². The molecule has 21 heavy (non-hydrogen) atoms. The van der Waals surface area contributed by atoms with Gasteiger partial charge in [0.05, 0.1) is 11.7 Å². The molecule has 0 radical (unpaired) electrons. The van der Waals surface area contributed by atoms with Gasteiger partial charge in [0.1, 0.15) is 6.29 Å². The van der Waals surface area contributed by atoms with Crippen molar-refractivity contribution in [1.82, 2.24) is 5.32 Å². The van der Waals surface area contributed by atoms with E-state index in [9.17, 15) is 14.4 Å². The van der Waals surface area contributed by atoms with Crippen LogP contribution in [0.2, 0.25) is 0 Å². The first-order valence-corrected chi connectivity index (χ1v) is 6.79. The Morgan fingerprint density at radius 1 is 1.33 bits per heavy atom. The molecule has 0 spiro atoms. The summed E-state index contributed by atoms with van der Waals surface area (Å²) in [5, 5.41) is 2.66. The quantitative estimate of drug-likeness (QED) is 0.623. The molecule has 1 atom stereocenters. The molecule has 1 aliphatic rings. The molecule has 2 rings (SSSR count). The van der Waals surface area contributed by atoms with Gasteiger partial charge in [-0.3, -0.25) is 9.59 Å². The predicted molar refractivity (Wildman–Crippen MR) is 74.1 cm³/mol. The highest BCUT2D eigenvalue weighted by Crippen LogP contribution is 2.10. The molecule has 0 aliphatic carbocycles. The average Bonchev–Trinajstić information content (AvgIpc) is 3.04. The van der Waals surface area contributed by atoms with Gasteiger partial charge >= 0.3 is 5.97 Å². The number of nitrogens with one attached hydrogen (secondary N) is 1. The molecule has 0 bridgehead atoms. The van der Waals surface area contributed by atoms with Crippen LogP contribution >= 0.6 is 0 Å². The molecule has 0 aromatic heterocycles. The molecule has 1 aromatic rings. The van der Waals surface area contributed by atoms with E-state index in [1.54, 1.807) is 0 Å². The Kier molecular flexibility index (Phi) is 5.45. The Bertz CT molecular complexity index is 505. The molecule has 1 fully saturated rings. The van der Waals surface area contributed by atoms with Crippen LogP contribution in [0.5, 0.6) is 0 Å². The van der Waals surface area contributed by atoms with Crippen molar-refractivity contribution >= 4 is 18.2 Å². The lowest BCUT2D eigenvalue weighted by atomic mass is 10.1. The summed E-state index contributed by atoms with van der Waals surface area (Å²) in [6, 6.07) is 5.99. The number of carbonyl (C=O) groups excluding carboxylic acids is 3. The van der Waals surface area contributed by atoms with E-state index >= 15 is 0 Å². The maximum atomic E-state index is 11.7. The molecule has 1 N–H and O–H groups in total. The summed E-state index contributed by atoms with van der Waals surface area (Å²) in [6.07, 6.45) is 2.68. The van der Waals surface area contributed by atoms with Crippen molar-refractivity contribution in [2.45, 2.75) is 18.9 Å². The van der Waals surface area contributed by atoms with Crippen LogP contribution in [0.1, 0.15) is 33.6 Å². The molecule has 0 saturated carbocycles. The molecule has 112 valence electrons. The number of rotatable bonds is 6. The molecule has 1 heterocycles. The van der Waals surface area contributed by atoms with E-state index < -0.39 is 5.97 Å². The zero-order valence-corrected chi connectivity index (χ0v) is 11.5. The van der Waals surface area contributed by atoms with Crippen LogP contribution in [-0.2, 0) is 14.3 Å². The number of aldehydes is 1. The van der Waals surface area contributed by atoms with E-state index in [-0.39, 0.29) is 18.6 Å². The minimum atomic E-state index is -0.597. The molecule has 6 nitrogen and oxygen atoms in total. The van der Waals surface area contributed by atoms with Crippen LogP contribution in [0.15, 0.2) is 24.3 Å². The van der Waals surface area contributed by atoms with Crippen molar-refractivity contribution in [1.29, 1.82) is 0 Å². The molecule has 0 unspecified atom stereocenters. The first-order valence-electron chi connectivity index (χ1n) is 6.79. The minimum absolute atomic E-state index is 0.0561. The standard InChI is InChI=1S/C15H17NO5/c17-9-11-3-5-12(6-4-11)15(19)21-10-14(18)16-8-13-2-1-7-20-13/h3-6,9,13H,1-2,7-8,10H2,(H,16,18)/t13-/m1/s1. The van der Waals surface area contributed by atoms with Crippen molar-refractivity contribution in [3.8, 4) is 0 Å². The smallest absolute Gasteiger partial charge is 0.338 e. The van der Waals surface area contributed by atoms with Gasteiger partial charge in [-0.1, -0.05) is 12.1 Å². The van der Waals surface area contributed by atoms with Gasteiger partial charge in [0.2, 0.25) is 0 Å². The molecular formula is C15H17NO5. The Labute approximate surface area is 122 Å². The van der Waals surface area contributed by atoms with Gasteiger partial charge < -0.3 is 14.8 Å². The van der Waals surface area contributed by atoms with Gasteiger partial charge in [0.15, 0.2) is 6.61 Å². The molecular weight excluding hydrogens is 274 g/mol. The number of carbonyl (C=O) groups is 3. The largest absolute Gasteiger partial charge is 0.452 e. The van der Waals surface area contributed by atoms with Crippen LogP contribution in [0.3, 0.4) is 0 Å². The van der Waals surface area contributed by atoms with E-state index in [1.165, 1.54) is 24.3 Å². The van der Waals surface area contributed by atoms with Gasteiger partial charge in [0.25, 0.3) is 5.91 Å². The fourth-order valence-corrected chi connectivity index (χ4v) is 2.00. The number of hydrogen-bond donors (Lipinski definition) is 1. The van der Waals surface area contributed by atoms with Crippen LogP contribution < -0.4 is 5.32 Å². The summed E-state index contributed by atoms with van der Waals surface area (Å²) in [6.45, 7) is 0.831. The Hall–Kier alpha value is -2.21. The van der Waals surface area contributed by atoms with Crippen LogP contribution in [0.4, 0.5) is 0 Å². The fraction of sp³-hybridized carbons (Fsp3) is 0.400. The van der Waals surface area contributed by atoms with E-state index in [4.69, 9.17) is 9.47 Å². The van der Waals surface area contributed by atoms with E-state index in [1.807, 2.05) is 0 Å². The summed E-state index contributed by atoms with van der Waals surface area (Å²) in [4.78, 5) is 33.7. The van der Waals surface area contributed by atoms with Gasteiger partial charge in [0, 0.05) is 18.7 Å². The maximum Gasteiger partial charge on any atom is 0.338 e. The Morgan fingerprint density at radius 2 is 2.10 bits per heavy atom. The number of hydrogen-bond acceptors (Lipinski definition) is 5. The van der Waals surface area contributed by atoms with Crippen molar-refractivity contribution < 1.29 is 23.9 Å². The zero-order valence-electron chi connectivity index (χ0n) is 11.5. The zero-order chi connectivity index (χ0) is 15.1. The highest BCUT2D eigenvalue weighted by atomic mass is 16.5. The SMILES string of the molecule is O=Cc1ccc(C(=O)OCC(=O)NC[C@H]2CCCO2)cc1. The Morgan fingerprint density at radius 3 is 2.71 bits per heavy atom. The third kappa shape index (κ3) is 4.68. The number of amides is 1. The first kappa shape index (κ1) is 15.2. The summed E-state index contributed by atoms with van der Waals surface area (Å²) in [7, 11) is 0. The number of esters is 1. The van der Waals surface area contributed by atoms with Gasteiger partial charge in [-0.15, -0.1) is 0 Å². The summed E-state index contributed by atoms with van der Waals surface area (Å²) < 4.78 is 10.3. The third-order valence-corrected chi connectivity index (χ3v) is 3.17. The lowest BCUT2D eigenvalue weighted by Gasteiger charge is -2.11. The molecule has 6 heteroatoms. The monoisotopic (exact) mass is 291 g/mol. The number of ether oxygens (including phenoxy) is 2. The van der Waals surface area contributed by atoms with E-state index in [2.05, 4.69) is 5.32 Å². The second-order valence-corrected chi connectivity index (χ2v) is 4.76. The van der Waals surface area contributed by atoms with Gasteiger partial charge in [-0.2, -0.15) is 0 Å².